The maximum atomic E-state index is 12.7. The fraction of sp³-hybridized carbons (Fsp3) is 0.370. The number of para-hydroxylation sites is 1. The van der Waals surface area contributed by atoms with Crippen molar-refractivity contribution in [3.63, 3.8) is 0 Å². The van der Waals surface area contributed by atoms with Gasteiger partial charge in [-0.3, -0.25) is 14.4 Å². The van der Waals surface area contributed by atoms with Gasteiger partial charge in [-0.05, 0) is 48.2 Å². The highest BCUT2D eigenvalue weighted by Crippen LogP contribution is 2.30. The molecule has 0 radical (unpaired) electrons. The number of Topliss-reactive ketones (excluding diaryl/α,β-unsaturated/α-hetero) is 2. The van der Waals surface area contributed by atoms with E-state index in [4.69, 9.17) is 0 Å². The molecule has 3 N–H and O–H groups in total. The first-order valence-corrected chi connectivity index (χ1v) is 12.3. The van der Waals surface area contributed by atoms with Crippen LogP contribution in [0.2, 0.25) is 0 Å². The summed E-state index contributed by atoms with van der Waals surface area (Å²) in [6, 6.07) is 12.9. The van der Waals surface area contributed by atoms with Crippen molar-refractivity contribution in [1.82, 2.24) is 10.3 Å². The predicted molar refractivity (Wildman–Crippen MR) is 135 cm³/mol. The molecule has 0 aliphatic rings. The smallest absolute Gasteiger partial charge is 0.382 e. The van der Waals surface area contributed by atoms with Crippen molar-refractivity contribution in [3.8, 4) is 0 Å². The van der Waals surface area contributed by atoms with Gasteiger partial charge in [0.25, 0.3) is 0 Å². The highest BCUT2D eigenvalue weighted by atomic mass is 19.4. The van der Waals surface area contributed by atoms with Crippen molar-refractivity contribution in [3.05, 3.63) is 65.9 Å². The minimum absolute atomic E-state index is 0.0233. The molecule has 15 heteroatoms. The number of benzene rings is 2. The second-order valence-electron chi connectivity index (χ2n) is 9.40. The highest BCUT2D eigenvalue weighted by molar-refractivity contribution is 6.41. The van der Waals surface area contributed by atoms with Crippen LogP contribution >= 0.6 is 0 Å². The van der Waals surface area contributed by atoms with Crippen LogP contribution in [0.15, 0.2) is 54.7 Å². The van der Waals surface area contributed by atoms with Crippen LogP contribution in [0.5, 0.6) is 0 Å². The normalized spacial score (nSPS) is 12.9. The molecule has 0 aliphatic heterocycles. The van der Waals surface area contributed by atoms with E-state index >= 15 is 0 Å². The summed E-state index contributed by atoms with van der Waals surface area (Å²) in [4.78, 5) is 34.7. The number of hydrogen-bond donors (Lipinski definition) is 3. The molecule has 0 bridgehead atoms. The first-order chi connectivity index (χ1) is 19.3. The lowest BCUT2D eigenvalue weighted by Crippen LogP contribution is -2.39. The zero-order chi connectivity index (χ0) is 31.9. The summed E-state index contributed by atoms with van der Waals surface area (Å²) in [6.45, 7) is 4.56. The van der Waals surface area contributed by atoms with E-state index < -0.39 is 35.7 Å². The van der Waals surface area contributed by atoms with E-state index in [1.54, 1.807) is 0 Å². The number of hydrogen-bond acceptors (Lipinski definition) is 4. The van der Waals surface area contributed by atoms with Crippen LogP contribution in [0, 0.1) is 5.92 Å². The van der Waals surface area contributed by atoms with Gasteiger partial charge in [-0.2, -0.15) is 39.5 Å². The summed E-state index contributed by atoms with van der Waals surface area (Å²) in [6.07, 6.45) is -13.1. The van der Waals surface area contributed by atoms with Crippen molar-refractivity contribution in [1.29, 1.82) is 0 Å². The van der Waals surface area contributed by atoms with Gasteiger partial charge in [-0.25, -0.2) is 0 Å². The van der Waals surface area contributed by atoms with Gasteiger partial charge in [0.15, 0.2) is 0 Å². The lowest BCUT2D eigenvalue weighted by Gasteiger charge is -2.24. The van der Waals surface area contributed by atoms with Crippen LogP contribution in [0.1, 0.15) is 31.4 Å². The number of amides is 1. The number of carbonyl (C=O) groups excluding carboxylic acids is 3. The van der Waals surface area contributed by atoms with Crippen LogP contribution in [0.25, 0.3) is 10.9 Å². The van der Waals surface area contributed by atoms with E-state index in [0.717, 1.165) is 28.6 Å². The minimum atomic E-state index is -5.77. The topological polar surface area (TPSA) is 91.1 Å². The molecule has 1 heterocycles. The number of halogens is 9. The lowest BCUT2D eigenvalue weighted by molar-refractivity contribution is -0.193. The van der Waals surface area contributed by atoms with Gasteiger partial charge >= 0.3 is 30.1 Å². The van der Waals surface area contributed by atoms with E-state index in [1.807, 2.05) is 44.3 Å². The van der Waals surface area contributed by atoms with Gasteiger partial charge in [-0.15, -0.1) is 0 Å². The maximum Gasteiger partial charge on any atom is 0.458 e. The van der Waals surface area contributed by atoms with Gasteiger partial charge < -0.3 is 15.6 Å². The molecule has 1 aromatic heterocycles. The van der Waals surface area contributed by atoms with Crippen molar-refractivity contribution in [2.45, 2.75) is 51.3 Å². The Morgan fingerprint density at radius 3 is 1.86 bits per heavy atom. The molecule has 0 saturated heterocycles. The quantitative estimate of drug-likeness (QED) is 0.187. The molecule has 0 spiro atoms. The van der Waals surface area contributed by atoms with Crippen molar-refractivity contribution in [2.24, 2.45) is 5.92 Å². The standard InChI is InChI=1S/C23H26F3N3O.C4F6O2/c1-15(2)20(29-18-9-7-17(8-10-18)23(24,25)26)11-12-27-22(30)13-16-14-28-21-6-4-3-5-19(16)21;5-3(6,7)1(11)2(12)4(8,9)10/h3-10,14-15,20,28-29H,11-13H2,1-2H3,(H,27,30);/t20-;/m0./s1. The second-order valence-corrected chi connectivity index (χ2v) is 9.40. The number of alkyl halides is 9. The fourth-order valence-corrected chi connectivity index (χ4v) is 3.68. The summed E-state index contributed by atoms with van der Waals surface area (Å²) in [7, 11) is 0. The van der Waals surface area contributed by atoms with Gasteiger partial charge in [0.05, 0.1) is 12.0 Å². The summed E-state index contributed by atoms with van der Waals surface area (Å²) < 4.78 is 105. The van der Waals surface area contributed by atoms with Crippen LogP contribution in [-0.4, -0.2) is 47.4 Å². The third-order valence-corrected chi connectivity index (χ3v) is 5.89. The first kappa shape index (κ1) is 34.2. The second kappa shape index (κ2) is 13.7. The number of H-pyrrole nitrogens is 1. The summed E-state index contributed by atoms with van der Waals surface area (Å²) in [5.41, 5.74) is 1.91. The third kappa shape index (κ3) is 10.1. The Balaban J connectivity index is 0.000000435. The van der Waals surface area contributed by atoms with Crippen LogP contribution in [-0.2, 0) is 27.0 Å². The molecular weight excluding hydrogens is 585 g/mol. The summed E-state index contributed by atoms with van der Waals surface area (Å²) in [5.74, 6) is -6.63. The molecule has 0 fully saturated rings. The Morgan fingerprint density at radius 1 is 0.810 bits per heavy atom. The molecule has 1 amide bonds. The number of anilines is 1. The highest BCUT2D eigenvalue weighted by Gasteiger charge is 2.54. The lowest BCUT2D eigenvalue weighted by atomic mass is 10.00. The number of nitrogens with one attached hydrogen (secondary N) is 3. The number of aromatic nitrogens is 1. The van der Waals surface area contributed by atoms with Crippen molar-refractivity contribution < 1.29 is 53.9 Å². The SMILES string of the molecule is CC(C)[C@H](CCNC(=O)Cc1c[nH]c2ccccc12)Nc1ccc(C(F)(F)F)cc1.O=C(C(=O)C(F)(F)F)C(F)(F)F. The number of aromatic amines is 1. The molecular formula is C27H26F9N3O3. The van der Waals surface area contributed by atoms with E-state index in [-0.39, 0.29) is 17.9 Å². The monoisotopic (exact) mass is 611 g/mol. The third-order valence-electron chi connectivity index (χ3n) is 5.89. The average Bonchev–Trinajstić information content (AvgIpc) is 3.28. The molecule has 0 saturated carbocycles. The molecule has 6 nitrogen and oxygen atoms in total. The molecule has 0 unspecified atom stereocenters. The average molecular weight is 612 g/mol. The summed E-state index contributed by atoms with van der Waals surface area (Å²) >= 11 is 0. The van der Waals surface area contributed by atoms with Crippen LogP contribution in [0.4, 0.5) is 45.2 Å². The Kier molecular flexibility index (Phi) is 11.2. The van der Waals surface area contributed by atoms with Gasteiger partial charge in [0.1, 0.15) is 0 Å². The van der Waals surface area contributed by atoms with Crippen molar-refractivity contribution >= 4 is 34.1 Å². The largest absolute Gasteiger partial charge is 0.458 e. The molecule has 1 atom stereocenters. The number of ketones is 2. The Labute approximate surface area is 233 Å². The van der Waals surface area contributed by atoms with Crippen molar-refractivity contribution in [2.75, 3.05) is 11.9 Å². The molecule has 2 aromatic carbocycles. The van der Waals surface area contributed by atoms with E-state index in [9.17, 15) is 53.9 Å². The maximum absolute atomic E-state index is 12.7. The van der Waals surface area contributed by atoms with Gasteiger partial charge in [0.2, 0.25) is 5.91 Å². The molecule has 3 rings (SSSR count). The Bertz CT molecular complexity index is 1340. The molecule has 42 heavy (non-hydrogen) atoms. The predicted octanol–water partition coefficient (Wildman–Crippen LogP) is 6.62. The van der Waals surface area contributed by atoms with Crippen LogP contribution < -0.4 is 10.6 Å². The van der Waals surface area contributed by atoms with Crippen LogP contribution in [0.3, 0.4) is 0 Å². The zero-order valence-electron chi connectivity index (χ0n) is 22.1. The number of rotatable bonds is 9. The molecule has 0 aliphatic carbocycles. The van der Waals surface area contributed by atoms with Gasteiger partial charge in [-0.1, -0.05) is 32.0 Å². The van der Waals surface area contributed by atoms with E-state index in [1.165, 1.54) is 12.1 Å². The minimum Gasteiger partial charge on any atom is -0.382 e. The number of fused-ring (bicyclic) bond motifs is 1. The summed E-state index contributed by atoms with van der Waals surface area (Å²) in [5, 5.41) is 7.26. The fourth-order valence-electron chi connectivity index (χ4n) is 3.68. The van der Waals surface area contributed by atoms with E-state index in [0.29, 0.717) is 25.1 Å². The Hall–Kier alpha value is -4.04. The number of carbonyl (C=O) groups is 3. The van der Waals surface area contributed by atoms with Gasteiger partial charge in [0, 0.05) is 35.4 Å². The first-order valence-electron chi connectivity index (χ1n) is 12.3. The zero-order valence-corrected chi connectivity index (χ0v) is 22.1. The Morgan fingerprint density at radius 2 is 1.36 bits per heavy atom. The van der Waals surface area contributed by atoms with E-state index in [2.05, 4.69) is 15.6 Å². The molecule has 3 aromatic rings. The molecule has 230 valence electrons.